The number of carboxylic acid groups (broad SMARTS) is 1. The van der Waals surface area contributed by atoms with Crippen molar-refractivity contribution in [3.63, 3.8) is 0 Å². The summed E-state index contributed by atoms with van der Waals surface area (Å²) in [6.45, 7) is 4.31. The molecule has 0 aliphatic heterocycles. The highest BCUT2D eigenvalue weighted by atomic mass is 19.1. The Balaban J connectivity index is 2.92. The minimum absolute atomic E-state index is 0.0229. The standard InChI is InChI=1S/C14H21FN2O2/c1-4-7-17(9-8-16(2)3)13-6-5-11(14(18)19)10-12(13)15/h5-6,10H,4,7-9H2,1-3H3,(H,18,19). The number of hydrogen-bond acceptors (Lipinski definition) is 3. The fourth-order valence-corrected chi connectivity index (χ4v) is 1.84. The molecule has 0 bridgehead atoms. The number of halogens is 1. The molecule has 0 heterocycles. The van der Waals surface area contributed by atoms with Crippen LogP contribution in [-0.4, -0.2) is 49.7 Å². The Hall–Kier alpha value is -1.62. The van der Waals surface area contributed by atoms with Crippen molar-refractivity contribution in [2.24, 2.45) is 0 Å². The molecule has 106 valence electrons. The summed E-state index contributed by atoms with van der Waals surface area (Å²) in [6, 6.07) is 4.07. The van der Waals surface area contributed by atoms with Crippen LogP contribution < -0.4 is 4.90 Å². The van der Waals surface area contributed by atoms with E-state index in [4.69, 9.17) is 5.11 Å². The normalized spacial score (nSPS) is 10.8. The van der Waals surface area contributed by atoms with Crippen LogP contribution in [0.15, 0.2) is 18.2 Å². The van der Waals surface area contributed by atoms with Gasteiger partial charge >= 0.3 is 5.97 Å². The van der Waals surface area contributed by atoms with Crippen LogP contribution >= 0.6 is 0 Å². The van der Waals surface area contributed by atoms with E-state index >= 15 is 0 Å². The maximum atomic E-state index is 14.0. The average Bonchev–Trinajstić information content (AvgIpc) is 2.34. The van der Waals surface area contributed by atoms with Crippen LogP contribution in [-0.2, 0) is 0 Å². The summed E-state index contributed by atoms with van der Waals surface area (Å²) in [7, 11) is 3.93. The van der Waals surface area contributed by atoms with Gasteiger partial charge < -0.3 is 14.9 Å². The first-order valence-corrected chi connectivity index (χ1v) is 6.38. The molecule has 0 fully saturated rings. The number of nitrogens with zero attached hydrogens (tertiary/aromatic N) is 2. The van der Waals surface area contributed by atoms with Gasteiger partial charge in [-0.2, -0.15) is 0 Å². The van der Waals surface area contributed by atoms with E-state index in [1.165, 1.54) is 6.07 Å². The zero-order chi connectivity index (χ0) is 14.4. The molecule has 0 saturated carbocycles. The van der Waals surface area contributed by atoms with Gasteiger partial charge in [-0.05, 0) is 38.7 Å². The second kappa shape index (κ2) is 7.09. The largest absolute Gasteiger partial charge is 0.478 e. The van der Waals surface area contributed by atoms with Gasteiger partial charge in [0, 0.05) is 19.6 Å². The van der Waals surface area contributed by atoms with E-state index in [1.807, 2.05) is 30.8 Å². The zero-order valence-electron chi connectivity index (χ0n) is 11.7. The van der Waals surface area contributed by atoms with Crippen molar-refractivity contribution in [2.45, 2.75) is 13.3 Å². The summed E-state index contributed by atoms with van der Waals surface area (Å²) in [6.07, 6.45) is 0.910. The molecule has 0 saturated heterocycles. The maximum Gasteiger partial charge on any atom is 0.335 e. The van der Waals surface area contributed by atoms with Crippen LogP contribution in [0.1, 0.15) is 23.7 Å². The highest BCUT2D eigenvalue weighted by Crippen LogP contribution is 2.21. The van der Waals surface area contributed by atoms with Crippen LogP contribution in [0.25, 0.3) is 0 Å². The fourth-order valence-electron chi connectivity index (χ4n) is 1.84. The molecule has 0 amide bonds. The van der Waals surface area contributed by atoms with E-state index in [1.54, 1.807) is 6.07 Å². The summed E-state index contributed by atoms with van der Waals surface area (Å²) in [5.41, 5.74) is 0.444. The molecule has 0 unspecified atom stereocenters. The summed E-state index contributed by atoms with van der Waals surface area (Å²) >= 11 is 0. The predicted octanol–water partition coefficient (Wildman–Crippen LogP) is 2.30. The molecule has 1 N–H and O–H groups in total. The van der Waals surface area contributed by atoms with E-state index in [9.17, 15) is 9.18 Å². The van der Waals surface area contributed by atoms with Crippen molar-refractivity contribution in [1.82, 2.24) is 4.90 Å². The Morgan fingerprint density at radius 2 is 1.95 bits per heavy atom. The summed E-state index contributed by atoms with van der Waals surface area (Å²) in [4.78, 5) is 14.8. The van der Waals surface area contributed by atoms with Crippen LogP contribution in [0.5, 0.6) is 0 Å². The molecule has 0 radical (unpaired) electrons. The van der Waals surface area contributed by atoms with Crippen molar-refractivity contribution in [3.8, 4) is 0 Å². The zero-order valence-corrected chi connectivity index (χ0v) is 11.7. The number of likely N-dealkylation sites (N-methyl/N-ethyl adjacent to an activating group) is 1. The molecule has 0 atom stereocenters. The first kappa shape index (κ1) is 15.4. The van der Waals surface area contributed by atoms with Gasteiger partial charge in [0.1, 0.15) is 5.82 Å². The summed E-state index contributed by atoms with van der Waals surface area (Å²) in [5.74, 6) is -1.59. The lowest BCUT2D eigenvalue weighted by Gasteiger charge is -2.26. The van der Waals surface area contributed by atoms with E-state index in [2.05, 4.69) is 0 Å². The third-order valence-corrected chi connectivity index (χ3v) is 2.85. The van der Waals surface area contributed by atoms with Crippen LogP contribution in [0.4, 0.5) is 10.1 Å². The van der Waals surface area contributed by atoms with Gasteiger partial charge in [-0.3, -0.25) is 0 Å². The van der Waals surface area contributed by atoms with Crippen molar-refractivity contribution >= 4 is 11.7 Å². The Kier molecular flexibility index (Phi) is 5.76. The van der Waals surface area contributed by atoms with Crippen LogP contribution in [0.3, 0.4) is 0 Å². The topological polar surface area (TPSA) is 43.8 Å². The van der Waals surface area contributed by atoms with Gasteiger partial charge in [0.15, 0.2) is 0 Å². The minimum Gasteiger partial charge on any atom is -0.478 e. The third-order valence-electron chi connectivity index (χ3n) is 2.85. The number of carboxylic acids is 1. The number of benzene rings is 1. The molecule has 4 nitrogen and oxygen atoms in total. The van der Waals surface area contributed by atoms with E-state index in [-0.39, 0.29) is 5.56 Å². The fraction of sp³-hybridized carbons (Fsp3) is 0.500. The number of anilines is 1. The molecule has 0 aromatic heterocycles. The van der Waals surface area contributed by atoms with Crippen molar-refractivity contribution in [3.05, 3.63) is 29.6 Å². The molecular weight excluding hydrogens is 247 g/mol. The Morgan fingerprint density at radius 1 is 1.26 bits per heavy atom. The Bertz CT molecular complexity index is 435. The summed E-state index contributed by atoms with van der Waals surface area (Å²) in [5, 5.41) is 8.83. The molecule has 19 heavy (non-hydrogen) atoms. The second-order valence-corrected chi connectivity index (χ2v) is 4.76. The molecule has 1 aromatic rings. The lowest BCUT2D eigenvalue weighted by Crippen LogP contribution is -2.33. The van der Waals surface area contributed by atoms with Crippen molar-refractivity contribution in [1.29, 1.82) is 0 Å². The molecule has 5 heteroatoms. The van der Waals surface area contributed by atoms with Gasteiger partial charge in [0.2, 0.25) is 0 Å². The highest BCUT2D eigenvalue weighted by Gasteiger charge is 2.13. The van der Waals surface area contributed by atoms with Crippen LogP contribution in [0.2, 0.25) is 0 Å². The first-order chi connectivity index (χ1) is 8.95. The highest BCUT2D eigenvalue weighted by molar-refractivity contribution is 5.88. The molecule has 0 aliphatic carbocycles. The number of aromatic carboxylic acids is 1. The molecule has 1 rings (SSSR count). The molecule has 0 spiro atoms. The quantitative estimate of drug-likeness (QED) is 0.824. The Labute approximate surface area is 113 Å². The van der Waals surface area contributed by atoms with Gasteiger partial charge in [-0.15, -0.1) is 0 Å². The van der Waals surface area contributed by atoms with Crippen LogP contribution in [0, 0.1) is 5.82 Å². The molecule has 0 aliphatic rings. The minimum atomic E-state index is -1.11. The van der Waals surface area contributed by atoms with Gasteiger partial charge in [0.25, 0.3) is 0 Å². The van der Waals surface area contributed by atoms with Gasteiger partial charge in [0.05, 0.1) is 11.3 Å². The lowest BCUT2D eigenvalue weighted by atomic mass is 10.1. The van der Waals surface area contributed by atoms with Crippen molar-refractivity contribution < 1.29 is 14.3 Å². The first-order valence-electron chi connectivity index (χ1n) is 6.38. The van der Waals surface area contributed by atoms with E-state index in [0.29, 0.717) is 12.2 Å². The number of carbonyl (C=O) groups is 1. The third kappa shape index (κ3) is 4.52. The molecular formula is C14H21FN2O2. The lowest BCUT2D eigenvalue weighted by molar-refractivity contribution is 0.0696. The van der Waals surface area contributed by atoms with E-state index in [0.717, 1.165) is 25.6 Å². The molecule has 1 aromatic carbocycles. The SMILES string of the molecule is CCCN(CCN(C)C)c1ccc(C(=O)O)cc1F. The van der Waals surface area contributed by atoms with Crippen molar-refractivity contribution in [2.75, 3.05) is 38.6 Å². The Morgan fingerprint density at radius 3 is 2.42 bits per heavy atom. The van der Waals surface area contributed by atoms with E-state index < -0.39 is 11.8 Å². The summed E-state index contributed by atoms with van der Waals surface area (Å²) < 4.78 is 14.0. The average molecular weight is 268 g/mol. The monoisotopic (exact) mass is 268 g/mol. The number of hydrogen-bond donors (Lipinski definition) is 1. The predicted molar refractivity (Wildman–Crippen MR) is 74.4 cm³/mol. The second-order valence-electron chi connectivity index (χ2n) is 4.76. The number of rotatable bonds is 7. The van der Waals surface area contributed by atoms with Gasteiger partial charge in [-0.25, -0.2) is 9.18 Å². The smallest absolute Gasteiger partial charge is 0.335 e. The van der Waals surface area contributed by atoms with Gasteiger partial charge in [-0.1, -0.05) is 6.92 Å². The maximum absolute atomic E-state index is 14.0.